The number of carbonyl (C=O) groups is 1. The predicted octanol–water partition coefficient (Wildman–Crippen LogP) is 3.73. The number of carbonyl (C=O) groups excluding carboxylic acids is 1. The van der Waals surface area contributed by atoms with Gasteiger partial charge in [0.05, 0.1) is 12.1 Å². The van der Waals surface area contributed by atoms with E-state index in [0.717, 1.165) is 16.8 Å². The van der Waals surface area contributed by atoms with Crippen molar-refractivity contribution in [1.82, 2.24) is 15.3 Å². The second-order valence-corrected chi connectivity index (χ2v) is 7.76. The number of benzene rings is 2. The first-order valence-electron chi connectivity index (χ1n) is 10.9. The molecule has 0 radical (unpaired) electrons. The standard InChI is InChI=1S/C23H27N3O2.C2H6/c1-16-3-9-20(10-4-16)21-13-22-23(28)25(14-17(2)26(22)24-21)15-19-7-5-18(6-8-19)11-12-27;1-2/h3-10,13,17,21,24,27H,11-12,14-15H2,1-2H3;1-2H3. The second-order valence-electron chi connectivity index (χ2n) is 7.76. The number of piperazine rings is 1. The Morgan fingerprint density at radius 1 is 1.03 bits per heavy atom. The van der Waals surface area contributed by atoms with Crippen LogP contribution in [0.1, 0.15) is 49.1 Å². The SMILES string of the molecule is CC.Cc1ccc(C2C=C3C(=O)N(Cc4ccc(CCO)cc4)CC(C)N3N2)cc1. The van der Waals surface area contributed by atoms with Crippen LogP contribution in [-0.2, 0) is 17.8 Å². The van der Waals surface area contributed by atoms with Crippen molar-refractivity contribution in [2.75, 3.05) is 13.2 Å². The summed E-state index contributed by atoms with van der Waals surface area (Å²) in [5, 5.41) is 11.1. The van der Waals surface area contributed by atoms with Crippen LogP contribution in [0.15, 0.2) is 60.3 Å². The first kappa shape index (κ1) is 22.1. The molecule has 1 saturated heterocycles. The smallest absolute Gasteiger partial charge is 0.271 e. The minimum atomic E-state index is 0.0275. The molecule has 1 fully saturated rings. The molecule has 2 unspecified atom stereocenters. The normalized spacial score (nSPS) is 20.4. The Balaban J connectivity index is 0.00000124. The maximum absolute atomic E-state index is 13.1. The summed E-state index contributed by atoms with van der Waals surface area (Å²) in [7, 11) is 0. The van der Waals surface area contributed by atoms with Gasteiger partial charge in [-0.15, -0.1) is 0 Å². The van der Waals surface area contributed by atoms with E-state index >= 15 is 0 Å². The van der Waals surface area contributed by atoms with Crippen molar-refractivity contribution in [3.63, 3.8) is 0 Å². The fraction of sp³-hybridized carbons (Fsp3) is 0.400. The van der Waals surface area contributed by atoms with Gasteiger partial charge in [0.25, 0.3) is 5.91 Å². The molecule has 1 amide bonds. The fourth-order valence-corrected chi connectivity index (χ4v) is 3.92. The third kappa shape index (κ3) is 4.74. The number of hydrazine groups is 1. The number of fused-ring (bicyclic) bond motifs is 1. The van der Waals surface area contributed by atoms with E-state index < -0.39 is 0 Å². The largest absolute Gasteiger partial charge is 0.396 e. The summed E-state index contributed by atoms with van der Waals surface area (Å²) in [6.07, 6.45) is 2.70. The molecule has 2 aliphatic heterocycles. The monoisotopic (exact) mass is 407 g/mol. The first-order valence-corrected chi connectivity index (χ1v) is 10.9. The molecule has 2 heterocycles. The van der Waals surface area contributed by atoms with Crippen LogP contribution in [-0.4, -0.2) is 40.1 Å². The van der Waals surface area contributed by atoms with Crippen molar-refractivity contribution < 1.29 is 9.90 Å². The van der Waals surface area contributed by atoms with E-state index in [9.17, 15) is 4.79 Å². The minimum Gasteiger partial charge on any atom is -0.396 e. The number of hydrogen-bond acceptors (Lipinski definition) is 4. The molecule has 30 heavy (non-hydrogen) atoms. The Labute approximate surface area is 180 Å². The summed E-state index contributed by atoms with van der Waals surface area (Å²) in [5.41, 5.74) is 8.84. The molecular weight excluding hydrogens is 374 g/mol. The molecule has 2 aromatic rings. The van der Waals surface area contributed by atoms with Crippen LogP contribution in [0.3, 0.4) is 0 Å². The minimum absolute atomic E-state index is 0.0275. The van der Waals surface area contributed by atoms with Crippen molar-refractivity contribution in [3.8, 4) is 0 Å². The number of rotatable bonds is 5. The number of hydrogen-bond donors (Lipinski definition) is 2. The molecule has 0 spiro atoms. The lowest BCUT2D eigenvalue weighted by molar-refractivity contribution is -0.134. The van der Waals surface area contributed by atoms with E-state index in [2.05, 4.69) is 43.5 Å². The maximum atomic E-state index is 13.1. The third-order valence-corrected chi connectivity index (χ3v) is 5.53. The topological polar surface area (TPSA) is 55.8 Å². The highest BCUT2D eigenvalue weighted by Gasteiger charge is 2.38. The van der Waals surface area contributed by atoms with Gasteiger partial charge in [0, 0.05) is 19.7 Å². The molecule has 2 atom stereocenters. The molecule has 0 aliphatic carbocycles. The molecule has 5 nitrogen and oxygen atoms in total. The number of aryl methyl sites for hydroxylation is 1. The van der Waals surface area contributed by atoms with Gasteiger partial charge in [0.2, 0.25) is 0 Å². The second kappa shape index (κ2) is 9.92. The van der Waals surface area contributed by atoms with E-state index in [1.54, 1.807) is 0 Å². The Kier molecular flexibility index (Phi) is 7.29. The van der Waals surface area contributed by atoms with Gasteiger partial charge in [0.1, 0.15) is 5.70 Å². The Morgan fingerprint density at radius 3 is 2.30 bits per heavy atom. The van der Waals surface area contributed by atoms with Crippen molar-refractivity contribution in [1.29, 1.82) is 0 Å². The summed E-state index contributed by atoms with van der Waals surface area (Å²) in [6, 6.07) is 16.8. The van der Waals surface area contributed by atoms with Crippen LogP contribution in [0.4, 0.5) is 0 Å². The van der Waals surface area contributed by atoms with Gasteiger partial charge in [-0.3, -0.25) is 9.80 Å². The van der Waals surface area contributed by atoms with Gasteiger partial charge < -0.3 is 10.0 Å². The average molecular weight is 408 g/mol. The Morgan fingerprint density at radius 2 is 1.67 bits per heavy atom. The molecule has 0 bridgehead atoms. The van der Waals surface area contributed by atoms with Gasteiger partial charge in [-0.1, -0.05) is 67.9 Å². The third-order valence-electron chi connectivity index (χ3n) is 5.53. The van der Waals surface area contributed by atoms with E-state index in [1.807, 2.05) is 54.1 Å². The zero-order chi connectivity index (χ0) is 21.7. The molecule has 0 aromatic heterocycles. The van der Waals surface area contributed by atoms with Crippen molar-refractivity contribution in [2.24, 2.45) is 0 Å². The number of amides is 1. The zero-order valence-corrected chi connectivity index (χ0v) is 18.4. The fourth-order valence-electron chi connectivity index (χ4n) is 3.92. The predicted molar refractivity (Wildman–Crippen MR) is 120 cm³/mol. The van der Waals surface area contributed by atoms with Gasteiger partial charge in [-0.05, 0) is 43.0 Å². The number of nitrogens with one attached hydrogen (secondary N) is 1. The van der Waals surface area contributed by atoms with Crippen LogP contribution >= 0.6 is 0 Å². The van der Waals surface area contributed by atoms with E-state index in [0.29, 0.717) is 19.5 Å². The number of nitrogens with zero attached hydrogens (tertiary/aromatic N) is 2. The van der Waals surface area contributed by atoms with Gasteiger partial charge >= 0.3 is 0 Å². The summed E-state index contributed by atoms with van der Waals surface area (Å²) >= 11 is 0. The zero-order valence-electron chi connectivity index (χ0n) is 18.4. The molecule has 2 aromatic carbocycles. The lowest BCUT2D eigenvalue weighted by Gasteiger charge is -2.40. The highest BCUT2D eigenvalue weighted by molar-refractivity contribution is 5.94. The molecular formula is C25H33N3O2. The van der Waals surface area contributed by atoms with Crippen LogP contribution in [0.2, 0.25) is 0 Å². The number of aliphatic hydroxyl groups excluding tert-OH is 1. The highest BCUT2D eigenvalue weighted by Crippen LogP contribution is 2.31. The van der Waals surface area contributed by atoms with Crippen molar-refractivity contribution in [3.05, 3.63) is 82.6 Å². The highest BCUT2D eigenvalue weighted by atomic mass is 16.3. The van der Waals surface area contributed by atoms with E-state index in [-0.39, 0.29) is 24.6 Å². The number of aliphatic hydroxyl groups is 1. The molecule has 2 aliphatic rings. The van der Waals surface area contributed by atoms with Crippen LogP contribution in [0, 0.1) is 6.92 Å². The molecule has 2 N–H and O–H groups in total. The van der Waals surface area contributed by atoms with Crippen LogP contribution in [0.5, 0.6) is 0 Å². The van der Waals surface area contributed by atoms with Crippen LogP contribution in [0.25, 0.3) is 0 Å². The van der Waals surface area contributed by atoms with Gasteiger partial charge in [-0.25, -0.2) is 5.43 Å². The lowest BCUT2D eigenvalue weighted by Crippen LogP contribution is -2.55. The van der Waals surface area contributed by atoms with Crippen molar-refractivity contribution in [2.45, 2.75) is 52.7 Å². The van der Waals surface area contributed by atoms with Crippen LogP contribution < -0.4 is 5.43 Å². The van der Waals surface area contributed by atoms with E-state index in [4.69, 9.17) is 5.11 Å². The van der Waals surface area contributed by atoms with Gasteiger partial charge in [0.15, 0.2) is 0 Å². The Bertz CT molecular complexity index is 874. The summed E-state index contributed by atoms with van der Waals surface area (Å²) in [6.45, 7) is 9.65. The summed E-state index contributed by atoms with van der Waals surface area (Å²) in [5.74, 6) is 0.0691. The van der Waals surface area contributed by atoms with Gasteiger partial charge in [-0.2, -0.15) is 0 Å². The Hall–Kier alpha value is -2.63. The quantitative estimate of drug-likeness (QED) is 0.793. The first-order chi connectivity index (χ1) is 14.5. The summed E-state index contributed by atoms with van der Waals surface area (Å²) < 4.78 is 0. The molecule has 4 rings (SSSR count). The molecule has 5 heteroatoms. The summed E-state index contributed by atoms with van der Waals surface area (Å²) in [4.78, 5) is 15.0. The molecule has 160 valence electrons. The van der Waals surface area contributed by atoms with Crippen molar-refractivity contribution >= 4 is 5.91 Å². The van der Waals surface area contributed by atoms with E-state index in [1.165, 1.54) is 11.1 Å². The lowest BCUT2D eigenvalue weighted by atomic mass is 10.0. The molecule has 0 saturated carbocycles. The maximum Gasteiger partial charge on any atom is 0.271 e. The average Bonchev–Trinajstić information content (AvgIpc) is 3.22.